The highest BCUT2D eigenvalue weighted by Gasteiger charge is 2.52. The van der Waals surface area contributed by atoms with Gasteiger partial charge in [0.05, 0.1) is 19.8 Å². The maximum atomic E-state index is 13.1. The third kappa shape index (κ3) is 5.19. The SMILES string of the molecule is COc1ccc2c3c([nH]c2c1)C(CO[Si](C)(C)C(C)(C)C)N(C(C)=O)CC31CCN(C(=O)OC(C)(C)C)C1. The number of H-pyrrole nitrogens is 1. The summed E-state index contributed by atoms with van der Waals surface area (Å²) >= 11 is 0. The molecule has 2 aliphatic rings. The third-order valence-corrected chi connectivity index (χ3v) is 13.1. The van der Waals surface area contributed by atoms with E-state index in [0.717, 1.165) is 28.8 Å². The van der Waals surface area contributed by atoms with Crippen molar-refractivity contribution in [2.75, 3.05) is 33.4 Å². The molecular formula is C29H45N3O5Si. The van der Waals surface area contributed by atoms with Crippen LogP contribution in [0.25, 0.3) is 10.9 Å². The van der Waals surface area contributed by atoms with E-state index in [1.165, 1.54) is 5.56 Å². The highest BCUT2D eigenvalue weighted by Crippen LogP contribution is 2.49. The Hall–Kier alpha value is -2.52. The van der Waals surface area contributed by atoms with Crippen molar-refractivity contribution < 1.29 is 23.5 Å². The number of hydrogen-bond acceptors (Lipinski definition) is 5. The first-order valence-corrected chi connectivity index (χ1v) is 16.5. The number of carbonyl (C=O) groups is 2. The largest absolute Gasteiger partial charge is 0.497 e. The molecule has 0 aliphatic carbocycles. The smallest absolute Gasteiger partial charge is 0.410 e. The van der Waals surface area contributed by atoms with Gasteiger partial charge in [0.25, 0.3) is 0 Å². The molecule has 2 aromatic rings. The quantitative estimate of drug-likeness (QED) is 0.480. The van der Waals surface area contributed by atoms with Gasteiger partial charge in [-0.15, -0.1) is 0 Å². The number of nitrogens with zero attached hydrogens (tertiary/aromatic N) is 2. The lowest BCUT2D eigenvalue weighted by atomic mass is 9.73. The minimum Gasteiger partial charge on any atom is -0.497 e. The van der Waals surface area contributed by atoms with E-state index in [-0.39, 0.29) is 23.1 Å². The van der Waals surface area contributed by atoms with Gasteiger partial charge in [0.2, 0.25) is 5.91 Å². The number of likely N-dealkylation sites (tertiary alicyclic amines) is 1. The molecule has 1 aromatic carbocycles. The zero-order valence-electron chi connectivity index (χ0n) is 24.8. The fourth-order valence-corrected chi connectivity index (χ4v) is 6.52. The number of aromatic amines is 1. The highest BCUT2D eigenvalue weighted by molar-refractivity contribution is 6.74. The molecule has 2 amide bonds. The van der Waals surface area contributed by atoms with Crippen molar-refractivity contribution in [3.05, 3.63) is 29.5 Å². The van der Waals surface area contributed by atoms with Gasteiger partial charge in [0.15, 0.2) is 8.32 Å². The fraction of sp³-hybridized carbons (Fsp3) is 0.655. The van der Waals surface area contributed by atoms with Crippen LogP contribution in [0, 0.1) is 0 Å². The number of carbonyl (C=O) groups excluding carboxylic acids is 2. The second kappa shape index (κ2) is 9.59. The molecule has 2 aliphatic heterocycles. The molecule has 1 spiro atoms. The summed E-state index contributed by atoms with van der Waals surface area (Å²) in [6.07, 6.45) is 0.438. The lowest BCUT2D eigenvalue weighted by Crippen LogP contribution is -2.53. The first-order chi connectivity index (χ1) is 17.5. The van der Waals surface area contributed by atoms with E-state index in [1.54, 1.807) is 18.9 Å². The summed E-state index contributed by atoms with van der Waals surface area (Å²) in [6.45, 7) is 20.5. The molecule has 8 nitrogen and oxygen atoms in total. The maximum absolute atomic E-state index is 13.1. The molecule has 9 heteroatoms. The molecule has 0 saturated carbocycles. The minimum absolute atomic E-state index is 0.00538. The van der Waals surface area contributed by atoms with E-state index in [2.05, 4.69) is 44.9 Å². The number of ether oxygens (including phenoxy) is 2. The average Bonchev–Trinajstić information content (AvgIpc) is 3.38. The topological polar surface area (TPSA) is 84.1 Å². The second-order valence-electron chi connectivity index (χ2n) is 13.5. The Bertz CT molecular complexity index is 1230. The number of nitrogens with one attached hydrogen (secondary N) is 1. The van der Waals surface area contributed by atoms with E-state index in [0.29, 0.717) is 26.2 Å². The maximum Gasteiger partial charge on any atom is 0.410 e. The minimum atomic E-state index is -2.06. The molecule has 0 radical (unpaired) electrons. The van der Waals surface area contributed by atoms with Crippen molar-refractivity contribution in [2.24, 2.45) is 0 Å². The molecule has 2 unspecified atom stereocenters. The number of amides is 2. The normalized spacial score (nSPS) is 22.2. The Morgan fingerprint density at radius 2 is 1.82 bits per heavy atom. The molecule has 4 rings (SSSR count). The standard InChI is InChI=1S/C29H45N3O5Si/c1-19(33)32-18-29(13-14-31(17-29)26(34)37-27(2,3)4)24-21-12-11-20(35-8)15-22(21)30-25(24)23(32)16-36-38(9,10)28(5,6)7/h11-12,15,23,30H,13-14,16-18H2,1-10H3. The second-order valence-corrected chi connectivity index (χ2v) is 18.3. The van der Waals surface area contributed by atoms with Crippen molar-refractivity contribution in [3.63, 3.8) is 0 Å². The van der Waals surface area contributed by atoms with Gasteiger partial charge in [-0.2, -0.15) is 0 Å². The van der Waals surface area contributed by atoms with Crippen LogP contribution in [-0.4, -0.2) is 74.1 Å². The Morgan fingerprint density at radius 1 is 1.13 bits per heavy atom. The fourth-order valence-electron chi connectivity index (χ4n) is 5.51. The van der Waals surface area contributed by atoms with Crippen LogP contribution in [0.5, 0.6) is 5.75 Å². The van der Waals surface area contributed by atoms with Crippen LogP contribution in [0.2, 0.25) is 18.1 Å². The number of rotatable bonds is 4. The molecule has 1 saturated heterocycles. The average molecular weight is 544 g/mol. The van der Waals surface area contributed by atoms with Gasteiger partial charge in [-0.1, -0.05) is 20.8 Å². The van der Waals surface area contributed by atoms with E-state index < -0.39 is 19.3 Å². The summed E-state index contributed by atoms with van der Waals surface area (Å²) in [7, 11) is -0.397. The first kappa shape index (κ1) is 28.5. The van der Waals surface area contributed by atoms with Gasteiger partial charge < -0.3 is 28.7 Å². The molecule has 1 N–H and O–H groups in total. The Morgan fingerprint density at radius 3 is 2.39 bits per heavy atom. The molecular weight excluding hydrogens is 498 g/mol. The Labute approximate surface area is 228 Å². The highest BCUT2D eigenvalue weighted by atomic mass is 28.4. The number of methoxy groups -OCH3 is 1. The van der Waals surface area contributed by atoms with Gasteiger partial charge in [-0.3, -0.25) is 4.79 Å². The van der Waals surface area contributed by atoms with Crippen LogP contribution >= 0.6 is 0 Å². The van der Waals surface area contributed by atoms with E-state index >= 15 is 0 Å². The number of hydrogen-bond donors (Lipinski definition) is 1. The third-order valence-electron chi connectivity index (χ3n) is 8.57. The lowest BCUT2D eigenvalue weighted by Gasteiger charge is -2.46. The molecule has 0 bridgehead atoms. The van der Waals surface area contributed by atoms with E-state index in [9.17, 15) is 9.59 Å². The number of fused-ring (bicyclic) bond motifs is 4. The summed E-state index contributed by atoms with van der Waals surface area (Å²) in [6, 6.07) is 5.84. The van der Waals surface area contributed by atoms with Crippen LogP contribution in [0.1, 0.15) is 72.2 Å². The van der Waals surface area contributed by atoms with Gasteiger partial charge in [0, 0.05) is 54.6 Å². The van der Waals surface area contributed by atoms with Crippen molar-refractivity contribution in [1.82, 2.24) is 14.8 Å². The number of benzene rings is 1. The predicted molar refractivity (Wildman–Crippen MR) is 152 cm³/mol. The lowest BCUT2D eigenvalue weighted by molar-refractivity contribution is -0.134. The van der Waals surface area contributed by atoms with Crippen LogP contribution in [0.4, 0.5) is 4.79 Å². The van der Waals surface area contributed by atoms with Gasteiger partial charge in [0.1, 0.15) is 11.4 Å². The number of aromatic nitrogens is 1. The van der Waals surface area contributed by atoms with Gasteiger partial charge in [-0.25, -0.2) is 4.79 Å². The van der Waals surface area contributed by atoms with Gasteiger partial charge in [-0.05, 0) is 63.0 Å². The van der Waals surface area contributed by atoms with Crippen molar-refractivity contribution >= 4 is 31.2 Å². The first-order valence-electron chi connectivity index (χ1n) is 13.6. The van der Waals surface area contributed by atoms with Crippen LogP contribution in [0.3, 0.4) is 0 Å². The zero-order valence-corrected chi connectivity index (χ0v) is 25.8. The van der Waals surface area contributed by atoms with Crippen molar-refractivity contribution in [3.8, 4) is 5.75 Å². The summed E-state index contributed by atoms with van der Waals surface area (Å²) < 4.78 is 17.9. The van der Waals surface area contributed by atoms with Crippen LogP contribution in [-0.2, 0) is 19.4 Å². The van der Waals surface area contributed by atoms with E-state index in [1.807, 2.05) is 37.8 Å². The molecule has 1 fully saturated rings. The summed E-state index contributed by atoms with van der Waals surface area (Å²) in [4.78, 5) is 33.6. The summed E-state index contributed by atoms with van der Waals surface area (Å²) in [5.74, 6) is 0.773. The Kier molecular flexibility index (Phi) is 7.19. The summed E-state index contributed by atoms with van der Waals surface area (Å²) in [5.41, 5.74) is 2.17. The van der Waals surface area contributed by atoms with Gasteiger partial charge >= 0.3 is 6.09 Å². The molecule has 210 valence electrons. The zero-order chi connectivity index (χ0) is 28.3. The molecule has 1 aromatic heterocycles. The van der Waals surface area contributed by atoms with Crippen LogP contribution in [0.15, 0.2) is 18.2 Å². The Balaban J connectivity index is 1.81. The molecule has 2 atom stereocenters. The van der Waals surface area contributed by atoms with Crippen LogP contribution < -0.4 is 4.74 Å². The monoisotopic (exact) mass is 543 g/mol. The summed E-state index contributed by atoms with van der Waals surface area (Å²) in [5, 5.41) is 1.16. The molecule has 38 heavy (non-hydrogen) atoms. The predicted octanol–water partition coefficient (Wildman–Crippen LogP) is 5.98. The molecule has 3 heterocycles. The van der Waals surface area contributed by atoms with E-state index in [4.69, 9.17) is 13.9 Å². The van der Waals surface area contributed by atoms with Crippen molar-refractivity contribution in [1.29, 1.82) is 0 Å². The van der Waals surface area contributed by atoms with Crippen molar-refractivity contribution in [2.45, 2.75) is 90.1 Å².